The summed E-state index contributed by atoms with van der Waals surface area (Å²) < 4.78 is 5.49. The van der Waals surface area contributed by atoms with Crippen LogP contribution >= 0.6 is 0 Å². The SMILES string of the molecule is CC1(C)CCCc2c1ncc1c2c2c3c4c5c(ncc4n4c6cnc7c(c6c(c6c8c9c(ncc8n1c26)C(C)(C)CCC9)c34)C1CC2CC3CC7CC321)C1CC2CC(C1)C5C2. The first kappa shape index (κ1) is 32.1. The molecule has 8 aromatic heterocycles. The largest absolute Gasteiger partial charge is 0.305 e. The fourth-order valence-corrected chi connectivity index (χ4v) is 19.0. The third-order valence-corrected chi connectivity index (χ3v) is 21.1. The molecule has 0 radical (unpaired) electrons. The van der Waals surface area contributed by atoms with Gasteiger partial charge in [0.1, 0.15) is 0 Å². The molecule has 9 aromatic rings. The van der Waals surface area contributed by atoms with E-state index in [1.807, 2.05) is 0 Å². The van der Waals surface area contributed by atoms with E-state index in [0.29, 0.717) is 29.1 Å². The topological polar surface area (TPSA) is 60.4 Å². The van der Waals surface area contributed by atoms with E-state index < -0.39 is 0 Å². The zero-order chi connectivity index (χ0) is 39.5. The van der Waals surface area contributed by atoms with Gasteiger partial charge in [-0.05, 0) is 153 Å². The molecular weight excluding hydrogens is 745 g/mol. The lowest BCUT2D eigenvalue weighted by Crippen LogP contribution is -2.59. The van der Waals surface area contributed by atoms with Crippen LogP contribution in [0.4, 0.5) is 0 Å². The standard InChI is InChI=1S/C55H52N6/c1-53(2)9-5-7-29-37-33(21-58-51(29)53)60-34-22-59-52-30(8-6-10-54(52,3)4)38(34)44-46-42-36(20-57-48-26-15-27-16-28-17-32(40(42)48)55(27,28)18-26)61-35-19-56-47-25-12-23-11-24(14-25)31(13-23)39(47)41(35)45(50(46)61)43(37)49(44)60/h19-28,31-32H,5-18H2,1-4H3. The molecule has 9 aliphatic rings. The quantitative estimate of drug-likeness (QED) is 0.153. The van der Waals surface area contributed by atoms with Crippen molar-refractivity contribution in [2.45, 2.75) is 152 Å². The van der Waals surface area contributed by atoms with Crippen molar-refractivity contribution in [3.63, 3.8) is 0 Å². The number of hydrogen-bond acceptors (Lipinski definition) is 4. The predicted molar refractivity (Wildman–Crippen MR) is 243 cm³/mol. The van der Waals surface area contributed by atoms with E-state index in [-0.39, 0.29) is 10.8 Å². The predicted octanol–water partition coefficient (Wildman–Crippen LogP) is 12.8. The Labute approximate surface area is 354 Å². The number of fused-ring (bicyclic) bond motifs is 29. The number of nitrogens with zero attached hydrogens (tertiary/aromatic N) is 6. The second kappa shape index (κ2) is 9.50. The Morgan fingerprint density at radius 2 is 1.08 bits per heavy atom. The number of benzene rings is 1. The fourth-order valence-electron chi connectivity index (χ4n) is 19.0. The highest BCUT2D eigenvalue weighted by Gasteiger charge is 2.72. The summed E-state index contributed by atoms with van der Waals surface area (Å²) in [6.07, 6.45) is 27.4. The first-order chi connectivity index (χ1) is 29.7. The molecule has 1 spiro atoms. The van der Waals surface area contributed by atoms with E-state index >= 15 is 0 Å². The Balaban J connectivity index is 1.15. The number of pyridine rings is 4. The highest BCUT2D eigenvalue weighted by atomic mass is 15.0. The molecule has 0 saturated heterocycles. The maximum atomic E-state index is 5.67. The summed E-state index contributed by atoms with van der Waals surface area (Å²) in [6.45, 7) is 9.81. The molecule has 9 aliphatic carbocycles. The van der Waals surface area contributed by atoms with Crippen molar-refractivity contribution in [3.05, 3.63) is 69.8 Å². The molecule has 5 fully saturated rings. The van der Waals surface area contributed by atoms with Crippen LogP contribution in [0.25, 0.3) is 76.2 Å². The minimum Gasteiger partial charge on any atom is -0.305 e. The van der Waals surface area contributed by atoms with Gasteiger partial charge in [0, 0.05) is 88.5 Å². The van der Waals surface area contributed by atoms with Crippen molar-refractivity contribution >= 4 is 76.2 Å². The normalized spacial score (nSPS) is 34.3. The third-order valence-electron chi connectivity index (χ3n) is 21.1. The average molecular weight is 797 g/mol. The number of aryl methyl sites for hydroxylation is 2. The summed E-state index contributed by atoms with van der Waals surface area (Å²) in [4.78, 5) is 22.3. The van der Waals surface area contributed by atoms with Gasteiger partial charge in [0.25, 0.3) is 0 Å². The lowest BCUT2D eigenvalue weighted by atomic mass is 9.36. The molecule has 18 rings (SSSR count). The van der Waals surface area contributed by atoms with Gasteiger partial charge in [0.2, 0.25) is 0 Å². The lowest BCUT2D eigenvalue weighted by Gasteiger charge is -2.68. The summed E-state index contributed by atoms with van der Waals surface area (Å²) >= 11 is 0. The molecule has 9 unspecified atom stereocenters. The number of aromatic nitrogens is 6. The van der Waals surface area contributed by atoms with E-state index in [1.165, 1.54) is 171 Å². The first-order valence-electron chi connectivity index (χ1n) is 24.7. The maximum absolute atomic E-state index is 5.67. The van der Waals surface area contributed by atoms with Crippen molar-refractivity contribution in [3.8, 4) is 0 Å². The Morgan fingerprint density at radius 3 is 1.72 bits per heavy atom. The van der Waals surface area contributed by atoms with Crippen LogP contribution in [0.15, 0.2) is 24.8 Å². The Bertz CT molecular complexity index is 3630. The van der Waals surface area contributed by atoms with Crippen LogP contribution < -0.4 is 0 Å². The zero-order valence-electron chi connectivity index (χ0n) is 36.0. The zero-order valence-corrected chi connectivity index (χ0v) is 36.0. The Morgan fingerprint density at radius 1 is 0.525 bits per heavy atom. The number of hydrogen-bond donors (Lipinski definition) is 0. The molecule has 0 amide bonds. The molecule has 9 atom stereocenters. The van der Waals surface area contributed by atoms with E-state index in [4.69, 9.17) is 19.9 Å². The van der Waals surface area contributed by atoms with E-state index in [9.17, 15) is 0 Å². The van der Waals surface area contributed by atoms with Gasteiger partial charge >= 0.3 is 0 Å². The van der Waals surface area contributed by atoms with Crippen LogP contribution in [-0.4, -0.2) is 28.7 Å². The molecule has 6 nitrogen and oxygen atoms in total. The van der Waals surface area contributed by atoms with Gasteiger partial charge in [-0.2, -0.15) is 0 Å². The minimum atomic E-state index is 0.0508. The summed E-state index contributed by atoms with van der Waals surface area (Å²) in [5, 5.41) is 12.2. The molecule has 5 bridgehead atoms. The van der Waals surface area contributed by atoms with Crippen LogP contribution in [0, 0.1) is 29.1 Å². The van der Waals surface area contributed by atoms with Crippen molar-refractivity contribution in [2.24, 2.45) is 29.1 Å². The van der Waals surface area contributed by atoms with Crippen molar-refractivity contribution in [2.75, 3.05) is 0 Å². The fraction of sp³-hybridized carbons (Fsp3) is 0.527. The van der Waals surface area contributed by atoms with E-state index in [2.05, 4.69) is 61.3 Å². The lowest BCUT2D eigenvalue weighted by molar-refractivity contribution is -0.146. The van der Waals surface area contributed by atoms with Crippen molar-refractivity contribution < 1.29 is 0 Å². The Hall–Kier alpha value is -4.58. The highest BCUT2D eigenvalue weighted by Crippen LogP contribution is 2.82. The summed E-state index contributed by atoms with van der Waals surface area (Å²) in [5.41, 5.74) is 20.8. The molecule has 0 N–H and O–H groups in total. The summed E-state index contributed by atoms with van der Waals surface area (Å²) in [6, 6.07) is 0. The second-order valence-electron chi connectivity index (χ2n) is 24.2. The molecule has 5 saturated carbocycles. The van der Waals surface area contributed by atoms with Crippen LogP contribution in [0.1, 0.15) is 173 Å². The van der Waals surface area contributed by atoms with Crippen LogP contribution in [0.5, 0.6) is 0 Å². The van der Waals surface area contributed by atoms with Crippen LogP contribution in [-0.2, 0) is 23.7 Å². The van der Waals surface area contributed by atoms with Crippen LogP contribution in [0.2, 0.25) is 0 Å². The van der Waals surface area contributed by atoms with Gasteiger partial charge in [0.05, 0.1) is 57.9 Å². The first-order valence-corrected chi connectivity index (χ1v) is 24.7. The molecule has 8 heterocycles. The minimum absolute atomic E-state index is 0.0508. The monoisotopic (exact) mass is 796 g/mol. The van der Waals surface area contributed by atoms with Gasteiger partial charge in [-0.15, -0.1) is 0 Å². The van der Waals surface area contributed by atoms with Gasteiger partial charge in [0.15, 0.2) is 0 Å². The average Bonchev–Trinajstić information content (AvgIpc) is 4.06. The summed E-state index contributed by atoms with van der Waals surface area (Å²) in [7, 11) is 0. The number of rotatable bonds is 0. The van der Waals surface area contributed by atoms with Gasteiger partial charge in [-0.3, -0.25) is 19.9 Å². The van der Waals surface area contributed by atoms with Gasteiger partial charge in [-0.25, -0.2) is 0 Å². The molecule has 0 aliphatic heterocycles. The molecule has 302 valence electrons. The van der Waals surface area contributed by atoms with Crippen LogP contribution in [0.3, 0.4) is 0 Å². The smallest absolute Gasteiger partial charge is 0.0728 e. The Kier molecular flexibility index (Phi) is 5.01. The maximum Gasteiger partial charge on any atom is 0.0728 e. The second-order valence-corrected chi connectivity index (χ2v) is 24.2. The van der Waals surface area contributed by atoms with Crippen molar-refractivity contribution in [1.29, 1.82) is 0 Å². The van der Waals surface area contributed by atoms with Crippen molar-refractivity contribution in [1.82, 2.24) is 28.7 Å². The van der Waals surface area contributed by atoms with E-state index in [0.717, 1.165) is 36.5 Å². The highest BCUT2D eigenvalue weighted by molar-refractivity contribution is 6.46. The van der Waals surface area contributed by atoms with Gasteiger partial charge in [-0.1, -0.05) is 27.7 Å². The molecular formula is C55H52N6. The van der Waals surface area contributed by atoms with Gasteiger partial charge < -0.3 is 8.80 Å². The van der Waals surface area contributed by atoms with E-state index in [1.54, 1.807) is 27.3 Å². The molecule has 6 heteroatoms. The third kappa shape index (κ3) is 3.14. The molecule has 1 aromatic carbocycles. The molecule has 61 heavy (non-hydrogen) atoms. The summed E-state index contributed by atoms with van der Waals surface area (Å²) in [5.74, 6) is 5.99.